The van der Waals surface area contributed by atoms with Crippen LogP contribution in [0.3, 0.4) is 0 Å². The van der Waals surface area contributed by atoms with Gasteiger partial charge in [0.2, 0.25) is 5.91 Å². The molecule has 0 bridgehead atoms. The molecular weight excluding hydrogens is 322 g/mol. The van der Waals surface area contributed by atoms with Gasteiger partial charge in [0, 0.05) is 25.6 Å². The number of hydrogen-bond acceptors (Lipinski definition) is 3. The maximum absolute atomic E-state index is 12.6. The molecule has 24 heavy (non-hydrogen) atoms. The third-order valence-electron chi connectivity index (χ3n) is 5.17. The molecule has 2 aliphatic rings. The number of urea groups is 1. The van der Waals surface area contributed by atoms with E-state index in [1.54, 1.807) is 0 Å². The van der Waals surface area contributed by atoms with Crippen molar-refractivity contribution >= 4 is 28.3 Å². The average Bonchev–Trinajstić information content (AvgIpc) is 3.11. The van der Waals surface area contributed by atoms with E-state index in [0.717, 1.165) is 23.9 Å². The molecule has 2 fully saturated rings. The van der Waals surface area contributed by atoms with Crippen LogP contribution >= 0.6 is 11.3 Å². The number of likely N-dealkylation sites (tertiary alicyclic amines) is 1. The first-order valence-electron chi connectivity index (χ1n) is 9.12. The number of thiophene rings is 1. The van der Waals surface area contributed by atoms with Crippen LogP contribution in [-0.2, 0) is 4.79 Å². The molecule has 0 spiro atoms. The van der Waals surface area contributed by atoms with Crippen molar-refractivity contribution in [2.24, 2.45) is 5.92 Å². The average molecular weight is 349 g/mol. The van der Waals surface area contributed by atoms with Crippen molar-refractivity contribution in [1.82, 2.24) is 10.2 Å². The van der Waals surface area contributed by atoms with Gasteiger partial charge in [-0.25, -0.2) is 4.79 Å². The van der Waals surface area contributed by atoms with Crippen molar-refractivity contribution in [3.8, 4) is 0 Å². The zero-order valence-corrected chi connectivity index (χ0v) is 14.9. The molecule has 2 N–H and O–H groups in total. The fourth-order valence-electron chi connectivity index (χ4n) is 4.03. The van der Waals surface area contributed by atoms with Gasteiger partial charge in [-0.2, -0.15) is 0 Å². The summed E-state index contributed by atoms with van der Waals surface area (Å²) in [5.74, 6) is 0.998. The minimum absolute atomic E-state index is 0.199. The summed E-state index contributed by atoms with van der Waals surface area (Å²) in [6.07, 6.45) is 8.72. The summed E-state index contributed by atoms with van der Waals surface area (Å²) >= 11 is 1.49. The lowest BCUT2D eigenvalue weighted by Crippen LogP contribution is -2.49. The van der Waals surface area contributed by atoms with E-state index in [4.69, 9.17) is 0 Å². The van der Waals surface area contributed by atoms with Crippen LogP contribution in [0.1, 0.15) is 51.4 Å². The second-order valence-electron chi connectivity index (χ2n) is 6.80. The van der Waals surface area contributed by atoms with Crippen LogP contribution < -0.4 is 10.6 Å². The minimum Gasteiger partial charge on any atom is -0.339 e. The second-order valence-corrected chi connectivity index (χ2v) is 7.75. The Balaban J connectivity index is 1.36. The van der Waals surface area contributed by atoms with E-state index in [9.17, 15) is 9.59 Å². The molecule has 2 atom stereocenters. The lowest BCUT2D eigenvalue weighted by atomic mass is 9.78. The molecular formula is C18H27N3O2S. The zero-order valence-electron chi connectivity index (χ0n) is 14.1. The number of rotatable bonds is 5. The van der Waals surface area contributed by atoms with E-state index < -0.39 is 0 Å². The molecule has 2 heterocycles. The number of piperidine rings is 1. The molecule has 2 unspecified atom stereocenters. The van der Waals surface area contributed by atoms with Crippen LogP contribution in [0.15, 0.2) is 17.5 Å². The Morgan fingerprint density at radius 2 is 2.04 bits per heavy atom. The summed E-state index contributed by atoms with van der Waals surface area (Å²) in [5.41, 5.74) is 0. The van der Waals surface area contributed by atoms with Gasteiger partial charge in [-0.05, 0) is 55.5 Å². The van der Waals surface area contributed by atoms with Gasteiger partial charge in [0.25, 0.3) is 0 Å². The van der Waals surface area contributed by atoms with E-state index in [1.807, 2.05) is 17.5 Å². The first-order chi connectivity index (χ1) is 11.7. The zero-order chi connectivity index (χ0) is 16.8. The standard InChI is InChI=1S/C18H27N3O2S/c22-17(21-12-4-7-14-6-1-2-8-15(14)21)10-3-11-19-18(23)20-16-9-5-13-24-16/h5,9,13-15H,1-4,6-8,10-12H2,(H2,19,20,23). The van der Waals surface area contributed by atoms with Crippen molar-refractivity contribution < 1.29 is 9.59 Å². The maximum Gasteiger partial charge on any atom is 0.319 e. The number of anilines is 1. The quantitative estimate of drug-likeness (QED) is 0.794. The topological polar surface area (TPSA) is 61.4 Å². The highest BCUT2D eigenvalue weighted by Gasteiger charge is 2.35. The lowest BCUT2D eigenvalue weighted by molar-refractivity contribution is -0.137. The van der Waals surface area contributed by atoms with Crippen molar-refractivity contribution in [3.05, 3.63) is 17.5 Å². The van der Waals surface area contributed by atoms with Crippen molar-refractivity contribution in [2.75, 3.05) is 18.4 Å². The number of amides is 3. The number of carbonyl (C=O) groups excluding carboxylic acids is 2. The predicted molar refractivity (Wildman–Crippen MR) is 97.3 cm³/mol. The fourth-order valence-corrected chi connectivity index (χ4v) is 4.64. The van der Waals surface area contributed by atoms with Gasteiger partial charge in [0.15, 0.2) is 0 Å². The Labute approximate surface area is 147 Å². The Bertz CT molecular complexity index is 544. The molecule has 132 valence electrons. The number of hydrogen-bond donors (Lipinski definition) is 2. The molecule has 5 nitrogen and oxygen atoms in total. The first-order valence-corrected chi connectivity index (χ1v) is 10.00. The summed E-state index contributed by atoms with van der Waals surface area (Å²) in [7, 11) is 0. The van der Waals surface area contributed by atoms with Crippen LogP contribution in [-0.4, -0.2) is 36.0 Å². The SMILES string of the molecule is O=C(NCCCC(=O)N1CCCC2CCCCC21)Nc1cccs1. The van der Waals surface area contributed by atoms with Gasteiger partial charge in [-0.15, -0.1) is 11.3 Å². The van der Waals surface area contributed by atoms with Crippen LogP contribution in [0, 0.1) is 5.92 Å². The van der Waals surface area contributed by atoms with E-state index in [-0.39, 0.29) is 11.9 Å². The Hall–Kier alpha value is -1.56. The highest BCUT2D eigenvalue weighted by Crippen LogP contribution is 2.35. The Kier molecular flexibility index (Phi) is 6.12. The molecule has 1 aromatic rings. The van der Waals surface area contributed by atoms with Crippen LogP contribution in [0.4, 0.5) is 9.80 Å². The van der Waals surface area contributed by atoms with Crippen LogP contribution in [0.2, 0.25) is 0 Å². The first kappa shape index (κ1) is 17.3. The number of nitrogens with one attached hydrogen (secondary N) is 2. The van der Waals surface area contributed by atoms with Gasteiger partial charge in [0.1, 0.15) is 0 Å². The molecule has 3 amide bonds. The molecule has 1 saturated carbocycles. The molecule has 6 heteroatoms. The Morgan fingerprint density at radius 1 is 1.21 bits per heavy atom. The number of fused-ring (bicyclic) bond motifs is 1. The highest BCUT2D eigenvalue weighted by atomic mass is 32.1. The molecule has 1 aliphatic heterocycles. The molecule has 0 radical (unpaired) electrons. The van der Waals surface area contributed by atoms with E-state index in [2.05, 4.69) is 15.5 Å². The van der Waals surface area contributed by atoms with Gasteiger partial charge >= 0.3 is 6.03 Å². The molecule has 3 rings (SSSR count). The predicted octanol–water partition coefficient (Wildman–Crippen LogP) is 3.83. The summed E-state index contributed by atoms with van der Waals surface area (Å²) < 4.78 is 0. The smallest absolute Gasteiger partial charge is 0.319 e. The maximum atomic E-state index is 12.6. The van der Waals surface area contributed by atoms with Gasteiger partial charge in [-0.3, -0.25) is 10.1 Å². The van der Waals surface area contributed by atoms with E-state index in [0.29, 0.717) is 25.4 Å². The normalized spacial score (nSPS) is 23.4. The summed E-state index contributed by atoms with van der Waals surface area (Å²) in [6, 6.07) is 4.05. The van der Waals surface area contributed by atoms with Gasteiger partial charge < -0.3 is 10.2 Å². The third-order valence-corrected chi connectivity index (χ3v) is 5.96. The summed E-state index contributed by atoms with van der Waals surface area (Å²) in [6.45, 7) is 1.46. The van der Waals surface area contributed by atoms with E-state index in [1.165, 1.54) is 43.4 Å². The molecule has 1 saturated heterocycles. The Morgan fingerprint density at radius 3 is 2.88 bits per heavy atom. The summed E-state index contributed by atoms with van der Waals surface area (Å²) in [4.78, 5) is 26.4. The monoisotopic (exact) mass is 349 g/mol. The largest absolute Gasteiger partial charge is 0.339 e. The van der Waals surface area contributed by atoms with Gasteiger partial charge in [-0.1, -0.05) is 12.8 Å². The van der Waals surface area contributed by atoms with Crippen molar-refractivity contribution in [1.29, 1.82) is 0 Å². The van der Waals surface area contributed by atoms with Crippen molar-refractivity contribution in [2.45, 2.75) is 57.4 Å². The molecule has 1 aliphatic carbocycles. The number of carbonyl (C=O) groups is 2. The van der Waals surface area contributed by atoms with E-state index >= 15 is 0 Å². The molecule has 1 aromatic heterocycles. The van der Waals surface area contributed by atoms with Crippen LogP contribution in [0.5, 0.6) is 0 Å². The summed E-state index contributed by atoms with van der Waals surface area (Å²) in [5, 5.41) is 8.36. The lowest BCUT2D eigenvalue weighted by Gasteiger charge is -2.44. The second kappa shape index (κ2) is 8.51. The van der Waals surface area contributed by atoms with Crippen molar-refractivity contribution in [3.63, 3.8) is 0 Å². The molecule has 0 aromatic carbocycles. The fraction of sp³-hybridized carbons (Fsp3) is 0.667. The minimum atomic E-state index is -0.199. The number of nitrogens with zero attached hydrogens (tertiary/aromatic N) is 1. The third kappa shape index (κ3) is 4.50. The van der Waals surface area contributed by atoms with Gasteiger partial charge in [0.05, 0.1) is 5.00 Å². The highest BCUT2D eigenvalue weighted by molar-refractivity contribution is 7.14. The van der Waals surface area contributed by atoms with Crippen LogP contribution in [0.25, 0.3) is 0 Å².